The maximum absolute atomic E-state index is 14.7. The lowest BCUT2D eigenvalue weighted by Gasteiger charge is -2.67. The van der Waals surface area contributed by atoms with Crippen molar-refractivity contribution in [3.05, 3.63) is 0 Å². The van der Waals surface area contributed by atoms with Gasteiger partial charge in [-0.25, -0.2) is 0 Å². The summed E-state index contributed by atoms with van der Waals surface area (Å²) in [5.41, 5.74) is -0.325. The highest BCUT2D eigenvalue weighted by molar-refractivity contribution is 5.91. The lowest BCUT2D eigenvalue weighted by molar-refractivity contribution is -0.284. The van der Waals surface area contributed by atoms with Gasteiger partial charge in [0.2, 0.25) is 0 Å². The molecule has 5 aliphatic heterocycles. The molecule has 0 aromatic rings. The summed E-state index contributed by atoms with van der Waals surface area (Å²) in [6, 6.07) is 0.482. The zero-order valence-electron chi connectivity index (χ0n) is 24.5. The Morgan fingerprint density at radius 1 is 1.03 bits per heavy atom. The first kappa shape index (κ1) is 26.0. The van der Waals surface area contributed by atoms with Crippen LogP contribution in [0, 0.1) is 39.9 Å². The summed E-state index contributed by atoms with van der Waals surface area (Å²) in [5, 5.41) is 0. The van der Waals surface area contributed by atoms with Crippen molar-refractivity contribution in [2.75, 3.05) is 13.2 Å². The summed E-state index contributed by atoms with van der Waals surface area (Å²) in [4.78, 5) is 30.3. The normalized spacial score (nSPS) is 54.7. The minimum atomic E-state index is -0.792. The third-order valence-corrected chi connectivity index (χ3v) is 13.7. The van der Waals surface area contributed by atoms with Gasteiger partial charge in [0, 0.05) is 36.9 Å². The molecule has 2 saturated carbocycles. The molecule has 0 radical (unpaired) electrons. The molecule has 7 bridgehead atoms. The average molecular weight is 528 g/mol. The van der Waals surface area contributed by atoms with Crippen molar-refractivity contribution >= 4 is 11.8 Å². The molecule has 38 heavy (non-hydrogen) atoms. The van der Waals surface area contributed by atoms with E-state index in [0.717, 1.165) is 12.8 Å². The third kappa shape index (κ3) is 3.01. The Labute approximate surface area is 228 Å². The van der Waals surface area contributed by atoms with Crippen LogP contribution in [0.15, 0.2) is 0 Å². The van der Waals surface area contributed by atoms with Gasteiger partial charge in [0.05, 0.1) is 18.1 Å². The van der Waals surface area contributed by atoms with Crippen molar-refractivity contribution in [2.45, 2.75) is 135 Å². The number of hydrogen-bond donors (Lipinski definition) is 0. The molecule has 6 heteroatoms. The van der Waals surface area contributed by atoms with E-state index in [-0.39, 0.29) is 34.2 Å². The van der Waals surface area contributed by atoms with Gasteiger partial charge in [-0.3, -0.25) is 14.5 Å². The topological polar surface area (TPSA) is 65.1 Å². The Kier molecular flexibility index (Phi) is 5.51. The number of carbonyl (C=O) groups is 2. The molecule has 2 aliphatic carbocycles. The first-order valence-corrected chi connectivity index (χ1v) is 15.7. The molecule has 7 rings (SSSR count). The predicted octanol–water partition coefficient (Wildman–Crippen LogP) is 5.51. The van der Waals surface area contributed by atoms with E-state index in [4.69, 9.17) is 14.2 Å². The van der Waals surface area contributed by atoms with Crippen LogP contribution < -0.4 is 0 Å². The molecule has 0 aromatic carbocycles. The van der Waals surface area contributed by atoms with E-state index in [0.29, 0.717) is 42.7 Å². The fourth-order valence-corrected chi connectivity index (χ4v) is 11.9. The Balaban J connectivity index is 1.33. The van der Waals surface area contributed by atoms with Gasteiger partial charge in [-0.2, -0.15) is 0 Å². The van der Waals surface area contributed by atoms with Gasteiger partial charge in [-0.05, 0) is 94.3 Å². The van der Waals surface area contributed by atoms with Crippen molar-refractivity contribution in [3.8, 4) is 0 Å². The summed E-state index contributed by atoms with van der Waals surface area (Å²) in [7, 11) is 0. The van der Waals surface area contributed by atoms with E-state index in [9.17, 15) is 9.59 Å². The Hall–Kier alpha value is -0.980. The van der Waals surface area contributed by atoms with E-state index in [2.05, 4.69) is 25.7 Å². The van der Waals surface area contributed by atoms with Crippen molar-refractivity contribution in [3.63, 3.8) is 0 Å². The van der Waals surface area contributed by atoms with Gasteiger partial charge in [-0.15, -0.1) is 0 Å². The molecule has 1 spiro atoms. The van der Waals surface area contributed by atoms with Gasteiger partial charge < -0.3 is 14.2 Å². The van der Waals surface area contributed by atoms with E-state index in [1.54, 1.807) is 0 Å². The smallest absolute Gasteiger partial charge is 0.303 e. The number of ether oxygens (including phenoxy) is 3. The minimum absolute atomic E-state index is 0.00279. The molecule has 5 saturated heterocycles. The molecule has 0 N–H and O–H groups in total. The number of piperidine rings is 2. The molecule has 7 fully saturated rings. The maximum atomic E-state index is 14.7. The third-order valence-electron chi connectivity index (χ3n) is 13.7. The maximum Gasteiger partial charge on any atom is 0.303 e. The summed E-state index contributed by atoms with van der Waals surface area (Å²) in [6.07, 6.45) is 10.4. The zero-order chi connectivity index (χ0) is 26.9. The van der Waals surface area contributed by atoms with Gasteiger partial charge in [-0.1, -0.05) is 27.2 Å². The highest BCUT2D eigenvalue weighted by atomic mass is 16.7. The predicted molar refractivity (Wildman–Crippen MR) is 143 cm³/mol. The van der Waals surface area contributed by atoms with Crippen molar-refractivity contribution in [2.24, 2.45) is 39.9 Å². The van der Waals surface area contributed by atoms with Crippen LogP contribution in [-0.2, 0) is 23.8 Å². The van der Waals surface area contributed by atoms with E-state index >= 15 is 0 Å². The fourth-order valence-electron chi connectivity index (χ4n) is 11.9. The molecule has 12 atom stereocenters. The number of fused-ring (bicyclic) bond motifs is 4. The number of hydrogen-bond acceptors (Lipinski definition) is 6. The number of carbonyl (C=O) groups excluding carboxylic acids is 2. The van der Waals surface area contributed by atoms with E-state index < -0.39 is 17.3 Å². The first-order chi connectivity index (χ1) is 17.9. The number of nitrogens with zero attached hydrogens (tertiary/aromatic N) is 1. The molecular formula is C32H49NO5. The molecule has 0 amide bonds. The Morgan fingerprint density at radius 2 is 1.82 bits per heavy atom. The number of rotatable bonds is 6. The Bertz CT molecular complexity index is 1040. The summed E-state index contributed by atoms with van der Waals surface area (Å²) < 4.78 is 18.6. The standard InChI is InChI=1S/C32H49NO5/c1-19(2)22-10-13-29(5)21-9-15-31-12-7-8-24(31)32(29,26(22)33(31)17-21)16-23(37-20(3)34)27(35)28(4)18-36-30(6)14-11-25(28)38-30/h19,21-26H,7-18H2,1-6H3. The van der Waals surface area contributed by atoms with Crippen LogP contribution in [0.1, 0.15) is 106 Å². The summed E-state index contributed by atoms with van der Waals surface area (Å²) in [6.45, 7) is 14.4. The molecule has 212 valence electrons. The second-order valence-corrected chi connectivity index (χ2v) is 15.4. The van der Waals surface area contributed by atoms with E-state index in [1.807, 2.05) is 13.8 Å². The lowest BCUT2D eigenvalue weighted by atomic mass is 9.42. The van der Waals surface area contributed by atoms with Crippen molar-refractivity contribution in [1.29, 1.82) is 0 Å². The molecule has 0 aromatic heterocycles. The van der Waals surface area contributed by atoms with Crippen LogP contribution in [0.2, 0.25) is 0 Å². The summed E-state index contributed by atoms with van der Waals surface area (Å²) in [5.74, 6) is 1.60. The average Bonchev–Trinajstić information content (AvgIpc) is 3.47. The zero-order valence-corrected chi connectivity index (χ0v) is 24.5. The fraction of sp³-hybridized carbons (Fsp3) is 0.938. The van der Waals surface area contributed by atoms with Gasteiger partial charge in [0.25, 0.3) is 0 Å². The lowest BCUT2D eigenvalue weighted by Crippen LogP contribution is -2.69. The molecule has 12 unspecified atom stereocenters. The summed E-state index contributed by atoms with van der Waals surface area (Å²) >= 11 is 0. The van der Waals surface area contributed by atoms with Crippen LogP contribution in [0.4, 0.5) is 0 Å². The minimum Gasteiger partial charge on any atom is -0.454 e. The van der Waals surface area contributed by atoms with Gasteiger partial charge >= 0.3 is 5.97 Å². The second kappa shape index (κ2) is 8.06. The van der Waals surface area contributed by atoms with Crippen LogP contribution in [-0.4, -0.2) is 59.4 Å². The van der Waals surface area contributed by atoms with E-state index in [1.165, 1.54) is 58.4 Å². The Morgan fingerprint density at radius 3 is 2.55 bits per heavy atom. The molecule has 7 aliphatic rings. The van der Waals surface area contributed by atoms with Gasteiger partial charge in [0.15, 0.2) is 17.7 Å². The van der Waals surface area contributed by atoms with Crippen LogP contribution in [0.3, 0.4) is 0 Å². The largest absolute Gasteiger partial charge is 0.454 e. The van der Waals surface area contributed by atoms with Crippen LogP contribution >= 0.6 is 0 Å². The van der Waals surface area contributed by atoms with Gasteiger partial charge in [0.1, 0.15) is 0 Å². The SMILES string of the molecule is CC(=O)OC(CC12C3C(C(C)C)CCC1(C)C1CCC4(CCCC42)N3C1)C(=O)C1(C)COC2(C)CCC1O2. The molecular weight excluding hydrogens is 478 g/mol. The monoisotopic (exact) mass is 527 g/mol. The molecule has 5 heterocycles. The highest BCUT2D eigenvalue weighted by Gasteiger charge is 2.80. The quantitative estimate of drug-likeness (QED) is 0.424. The number of esters is 1. The van der Waals surface area contributed by atoms with Crippen molar-refractivity contribution < 1.29 is 23.8 Å². The first-order valence-electron chi connectivity index (χ1n) is 15.7. The number of Topliss-reactive ketones (excluding diaryl/α,β-unsaturated/α-hetero) is 1. The molecule has 6 nitrogen and oxygen atoms in total. The van der Waals surface area contributed by atoms with Crippen molar-refractivity contribution in [1.82, 2.24) is 4.90 Å². The highest BCUT2D eigenvalue weighted by Crippen LogP contribution is 2.79. The van der Waals surface area contributed by atoms with Crippen LogP contribution in [0.25, 0.3) is 0 Å². The number of ketones is 1. The second-order valence-electron chi connectivity index (χ2n) is 15.4. The van der Waals surface area contributed by atoms with Crippen LogP contribution in [0.5, 0.6) is 0 Å².